The number of nitrogens with zero attached hydrogens (tertiary/aromatic N) is 1. The quantitative estimate of drug-likeness (QED) is 0.346. The summed E-state index contributed by atoms with van der Waals surface area (Å²) in [5, 5.41) is 5.47. The van der Waals surface area contributed by atoms with E-state index in [2.05, 4.69) is 93.5 Å². The second kappa shape index (κ2) is 12.1. The molecule has 0 atom stereocenters. The van der Waals surface area contributed by atoms with Crippen molar-refractivity contribution in [2.75, 3.05) is 20.6 Å². The summed E-state index contributed by atoms with van der Waals surface area (Å²) in [5.41, 5.74) is 4.33. The van der Waals surface area contributed by atoms with E-state index in [0.717, 1.165) is 19.4 Å². The molecule has 0 aliphatic heterocycles. The normalized spacial score (nSPS) is 12.6. The van der Waals surface area contributed by atoms with Crippen molar-refractivity contribution in [2.24, 2.45) is 0 Å². The second-order valence-electron chi connectivity index (χ2n) is 7.70. The fourth-order valence-corrected chi connectivity index (χ4v) is 3.56. The van der Waals surface area contributed by atoms with Gasteiger partial charge in [0.1, 0.15) is 0 Å². The average Bonchev–Trinajstić information content (AvgIpc) is 3.24. The molecule has 0 saturated carbocycles. The zero-order valence-electron chi connectivity index (χ0n) is 17.7. The first kappa shape index (κ1) is 26.1. The van der Waals surface area contributed by atoms with Crippen molar-refractivity contribution in [1.29, 1.82) is 0 Å². The Morgan fingerprint density at radius 2 is 1.66 bits per heavy atom. The number of halogens is 2. The maximum Gasteiger partial charge on any atom is -0.147 e. The van der Waals surface area contributed by atoms with Crippen LogP contribution in [-0.2, 0) is 24.2 Å². The van der Waals surface area contributed by atoms with Crippen LogP contribution in [0.3, 0.4) is 0 Å². The van der Waals surface area contributed by atoms with Crippen molar-refractivity contribution in [2.45, 2.75) is 26.7 Å². The maximum atomic E-state index is 2.40. The molecule has 0 fully saturated rings. The predicted molar refractivity (Wildman–Crippen MR) is 132 cm³/mol. The molecule has 0 spiro atoms. The van der Waals surface area contributed by atoms with E-state index in [0.29, 0.717) is 0 Å². The molecule has 1 aliphatic carbocycles. The third-order valence-electron chi connectivity index (χ3n) is 4.79. The van der Waals surface area contributed by atoms with Crippen LogP contribution in [0.5, 0.6) is 0 Å². The van der Waals surface area contributed by atoms with Crippen molar-refractivity contribution in [3.8, 4) is 0 Å². The Kier molecular flexibility index (Phi) is 10.9. The van der Waals surface area contributed by atoms with E-state index in [1.54, 1.807) is 24.2 Å². The van der Waals surface area contributed by atoms with Crippen LogP contribution in [0.4, 0.5) is 0 Å². The summed E-state index contributed by atoms with van der Waals surface area (Å²) in [7, 11) is 4.27. The van der Waals surface area contributed by atoms with Crippen molar-refractivity contribution in [3.63, 3.8) is 0 Å². The number of benzene rings is 2. The number of hydrogen-bond donors (Lipinski definition) is 0. The van der Waals surface area contributed by atoms with Gasteiger partial charge in [-0.2, -0.15) is 0 Å². The fraction of sp³-hybridized carbons (Fsp3) is 0.280. The smallest absolute Gasteiger partial charge is 0.147 e. The predicted octanol–water partition coefficient (Wildman–Crippen LogP) is 6.97. The largest absolute Gasteiger partial charge is 0.147 e. The molecule has 0 aromatic heterocycles. The van der Waals surface area contributed by atoms with Gasteiger partial charge >= 0.3 is 41.3 Å². The summed E-state index contributed by atoms with van der Waals surface area (Å²) in [6.45, 7) is 5.36. The molecule has 1 nitrogen and oxygen atoms in total. The van der Waals surface area contributed by atoms with Crippen molar-refractivity contribution >= 4 is 55.1 Å². The van der Waals surface area contributed by atoms with Gasteiger partial charge in [0.05, 0.1) is 0 Å². The first-order chi connectivity index (χ1) is 13.0. The van der Waals surface area contributed by atoms with E-state index in [9.17, 15) is 0 Å². The summed E-state index contributed by atoms with van der Waals surface area (Å²) in [4.78, 5) is 2.25. The second-order valence-corrected chi connectivity index (χ2v) is 10.2. The van der Waals surface area contributed by atoms with Crippen LogP contribution in [0.25, 0.3) is 27.1 Å². The van der Waals surface area contributed by atoms with Gasteiger partial charge in [-0.05, 0) is 26.9 Å². The maximum absolute atomic E-state index is 2.40. The third-order valence-corrected chi connectivity index (χ3v) is 4.79. The Morgan fingerprint density at radius 1 is 1.00 bits per heavy atom. The molecule has 0 saturated heterocycles. The minimum absolute atomic E-state index is 0. The van der Waals surface area contributed by atoms with E-state index >= 15 is 0 Å². The van der Waals surface area contributed by atoms with E-state index in [1.807, 2.05) is 0 Å². The Hall–Kier alpha value is -0.917. The minimum Gasteiger partial charge on any atom is -0.147 e. The fourth-order valence-electron chi connectivity index (χ4n) is 3.56. The minimum atomic E-state index is 0. The van der Waals surface area contributed by atoms with Crippen molar-refractivity contribution < 1.29 is 24.2 Å². The number of allylic oxidation sites excluding steroid dienone is 3. The number of rotatable bonds is 4. The number of fused-ring (bicyclic) bond motifs is 3. The zero-order chi connectivity index (χ0) is 19.4. The molecule has 4 heteroatoms. The molecule has 4 rings (SSSR count). The molecule has 0 amide bonds. The Labute approximate surface area is 202 Å². The van der Waals surface area contributed by atoms with E-state index < -0.39 is 0 Å². The van der Waals surface area contributed by atoms with Gasteiger partial charge in [-0.3, -0.25) is 0 Å². The van der Waals surface area contributed by atoms with Crippen LogP contribution in [0.2, 0.25) is 0 Å². The van der Waals surface area contributed by atoms with E-state index in [-0.39, 0.29) is 24.8 Å². The summed E-state index contributed by atoms with van der Waals surface area (Å²) < 4.78 is 1.51. The van der Waals surface area contributed by atoms with Gasteiger partial charge in [-0.25, -0.2) is 0 Å². The zero-order valence-corrected chi connectivity index (χ0v) is 21.7. The molecule has 3 aromatic rings. The van der Waals surface area contributed by atoms with Crippen LogP contribution in [0.15, 0.2) is 66.3 Å². The average molecular weight is 507 g/mol. The van der Waals surface area contributed by atoms with E-state index in [4.69, 9.17) is 0 Å². The molecule has 0 heterocycles. The molecular weight excluding hydrogens is 476 g/mol. The standard InChI is InChI=1S/C22H22N.C3H6.2ClH.Zr/c1-23(2)13-12-16-10-11-18(14-16)20-8-5-9-21-19-7-4-3-6-17(19)15-22(20)21;1-3-2;;;/h3-10,14-15H,11-13H2,1-2H3;1-2H3;2*1H;/q-1;;;;. The first-order valence-corrected chi connectivity index (χ1v) is 10.8. The Balaban J connectivity index is 0.000000646. The molecule has 29 heavy (non-hydrogen) atoms. The Bertz CT molecular complexity index is 1020. The number of hydrogen-bond acceptors (Lipinski definition) is 1. The first-order valence-electron chi connectivity index (χ1n) is 9.59. The van der Waals surface area contributed by atoms with Gasteiger partial charge in [0, 0.05) is 6.54 Å². The van der Waals surface area contributed by atoms with Gasteiger partial charge in [0.2, 0.25) is 0 Å². The molecular formula is C25H30Cl2NZr-. The van der Waals surface area contributed by atoms with Gasteiger partial charge in [0.25, 0.3) is 0 Å². The van der Waals surface area contributed by atoms with Gasteiger partial charge in [-0.15, -0.1) is 58.5 Å². The summed E-state index contributed by atoms with van der Waals surface area (Å²) in [6, 6.07) is 17.8. The van der Waals surface area contributed by atoms with Crippen LogP contribution < -0.4 is 0 Å². The van der Waals surface area contributed by atoms with Crippen molar-refractivity contribution in [1.82, 2.24) is 4.90 Å². The van der Waals surface area contributed by atoms with Crippen LogP contribution in [0, 0.1) is 0 Å². The SMILES string of the molecule is CN(C)CCC1=CCC(c2cccc3c2[cH-]c2ccccc23)=C1.C[C](C)=[Zr].Cl.Cl. The molecule has 0 unspecified atom stereocenters. The summed E-state index contributed by atoms with van der Waals surface area (Å²) >= 11 is 1.55. The summed E-state index contributed by atoms with van der Waals surface area (Å²) in [6.07, 6.45) is 6.98. The van der Waals surface area contributed by atoms with Gasteiger partial charge in [-0.1, -0.05) is 65.3 Å². The van der Waals surface area contributed by atoms with Crippen LogP contribution >= 0.6 is 24.8 Å². The molecule has 0 bridgehead atoms. The van der Waals surface area contributed by atoms with Gasteiger partial charge in [0.15, 0.2) is 0 Å². The van der Waals surface area contributed by atoms with Crippen LogP contribution in [0.1, 0.15) is 32.3 Å². The van der Waals surface area contributed by atoms with E-state index in [1.165, 1.54) is 41.5 Å². The third kappa shape index (κ3) is 6.79. The molecule has 1 aliphatic rings. The Morgan fingerprint density at radius 3 is 2.34 bits per heavy atom. The van der Waals surface area contributed by atoms with Crippen molar-refractivity contribution in [3.05, 3.63) is 71.8 Å². The molecule has 0 N–H and O–H groups in total. The van der Waals surface area contributed by atoms with Gasteiger partial charge < -0.3 is 4.90 Å². The molecule has 154 valence electrons. The topological polar surface area (TPSA) is 3.24 Å². The summed E-state index contributed by atoms with van der Waals surface area (Å²) in [5.74, 6) is 0. The van der Waals surface area contributed by atoms with Crippen LogP contribution in [-0.4, -0.2) is 28.7 Å². The molecule has 0 radical (unpaired) electrons. The monoisotopic (exact) mass is 504 g/mol. The molecule has 3 aromatic carbocycles.